The molecule has 0 unspecified atom stereocenters. The summed E-state index contributed by atoms with van der Waals surface area (Å²) >= 11 is 0. The molecule has 0 aliphatic carbocycles. The summed E-state index contributed by atoms with van der Waals surface area (Å²) in [5, 5.41) is 0. The highest BCUT2D eigenvalue weighted by molar-refractivity contribution is 5.94. The third kappa shape index (κ3) is 4.71. The Balaban J connectivity index is 1.93. The van der Waals surface area contributed by atoms with Crippen molar-refractivity contribution in [2.45, 2.75) is 6.18 Å². The quantitative estimate of drug-likeness (QED) is 0.770. The van der Waals surface area contributed by atoms with Crippen LogP contribution in [0.2, 0.25) is 0 Å². The number of alkyl halides is 3. The molecule has 2 aromatic rings. The predicted octanol–water partition coefficient (Wildman–Crippen LogP) is 4.00. The van der Waals surface area contributed by atoms with Crippen LogP contribution in [0.1, 0.15) is 15.9 Å². The van der Waals surface area contributed by atoms with Gasteiger partial charge >= 0.3 is 6.18 Å². The van der Waals surface area contributed by atoms with Crippen molar-refractivity contribution in [2.24, 2.45) is 0 Å². The fourth-order valence-electron chi connectivity index (χ4n) is 1.98. The van der Waals surface area contributed by atoms with Crippen LogP contribution in [-0.4, -0.2) is 31.0 Å². The minimum absolute atomic E-state index is 0.0471. The van der Waals surface area contributed by atoms with Crippen LogP contribution in [0.5, 0.6) is 5.75 Å². The van der Waals surface area contributed by atoms with E-state index in [1.165, 1.54) is 48.3 Å². The van der Waals surface area contributed by atoms with E-state index in [9.17, 15) is 22.4 Å². The zero-order chi connectivity index (χ0) is 17.7. The Hall–Kier alpha value is -2.57. The lowest BCUT2D eigenvalue weighted by molar-refractivity contribution is -0.137. The molecule has 0 saturated heterocycles. The van der Waals surface area contributed by atoms with Gasteiger partial charge in [0.1, 0.15) is 18.2 Å². The summed E-state index contributed by atoms with van der Waals surface area (Å²) in [6.45, 7) is 0.305. The van der Waals surface area contributed by atoms with Gasteiger partial charge in [-0.25, -0.2) is 4.39 Å². The maximum Gasteiger partial charge on any atom is 0.416 e. The van der Waals surface area contributed by atoms with Crippen molar-refractivity contribution in [3.63, 3.8) is 0 Å². The summed E-state index contributed by atoms with van der Waals surface area (Å²) in [5.74, 6) is -0.487. The molecule has 0 atom stereocenters. The van der Waals surface area contributed by atoms with Crippen LogP contribution in [0.15, 0.2) is 48.5 Å². The third-order valence-electron chi connectivity index (χ3n) is 3.29. The lowest BCUT2D eigenvalue weighted by atomic mass is 10.1. The maximum atomic E-state index is 12.8. The van der Waals surface area contributed by atoms with E-state index in [4.69, 9.17) is 4.74 Å². The average molecular weight is 341 g/mol. The predicted molar refractivity (Wildman–Crippen MR) is 80.3 cm³/mol. The molecular weight excluding hydrogens is 326 g/mol. The van der Waals surface area contributed by atoms with Crippen LogP contribution in [0, 0.1) is 5.82 Å². The number of benzene rings is 2. The van der Waals surface area contributed by atoms with E-state index in [-0.39, 0.29) is 24.5 Å². The first kappa shape index (κ1) is 17.8. The Morgan fingerprint density at radius 1 is 1.12 bits per heavy atom. The van der Waals surface area contributed by atoms with Gasteiger partial charge in [-0.3, -0.25) is 4.79 Å². The number of ether oxygens (including phenoxy) is 1. The van der Waals surface area contributed by atoms with E-state index in [1.54, 1.807) is 0 Å². The first-order valence-corrected chi connectivity index (χ1v) is 7.08. The van der Waals surface area contributed by atoms with Crippen LogP contribution < -0.4 is 4.74 Å². The first-order chi connectivity index (χ1) is 11.3. The van der Waals surface area contributed by atoms with Crippen LogP contribution in [-0.2, 0) is 6.18 Å². The van der Waals surface area contributed by atoms with E-state index in [2.05, 4.69) is 0 Å². The molecule has 0 aliphatic heterocycles. The molecule has 7 heteroatoms. The monoisotopic (exact) mass is 341 g/mol. The van der Waals surface area contributed by atoms with Crippen molar-refractivity contribution in [3.8, 4) is 5.75 Å². The summed E-state index contributed by atoms with van der Waals surface area (Å²) in [4.78, 5) is 13.4. The number of nitrogens with zero attached hydrogens (tertiary/aromatic N) is 1. The van der Waals surface area contributed by atoms with Crippen LogP contribution >= 0.6 is 0 Å². The fourth-order valence-corrected chi connectivity index (χ4v) is 1.98. The van der Waals surface area contributed by atoms with Gasteiger partial charge in [-0.2, -0.15) is 13.2 Å². The number of likely N-dealkylation sites (N-methyl/N-ethyl adjacent to an activating group) is 1. The molecule has 0 aromatic heterocycles. The van der Waals surface area contributed by atoms with Crippen molar-refractivity contribution in [2.75, 3.05) is 20.2 Å². The second-order valence-electron chi connectivity index (χ2n) is 5.11. The number of hydrogen-bond acceptors (Lipinski definition) is 2. The molecule has 0 spiro atoms. The number of rotatable bonds is 5. The maximum absolute atomic E-state index is 12.8. The van der Waals surface area contributed by atoms with Crippen molar-refractivity contribution in [3.05, 3.63) is 65.5 Å². The normalized spacial score (nSPS) is 11.2. The van der Waals surface area contributed by atoms with E-state index in [0.29, 0.717) is 5.75 Å². The Kier molecular flexibility index (Phi) is 5.43. The van der Waals surface area contributed by atoms with Gasteiger partial charge in [0, 0.05) is 12.6 Å². The lowest BCUT2D eigenvalue weighted by Crippen LogP contribution is -2.31. The highest BCUT2D eigenvalue weighted by Crippen LogP contribution is 2.29. The van der Waals surface area contributed by atoms with Crippen molar-refractivity contribution < 1.29 is 27.1 Å². The summed E-state index contributed by atoms with van der Waals surface area (Å²) < 4.78 is 56.2. The minimum atomic E-state index is -4.50. The van der Waals surface area contributed by atoms with Gasteiger partial charge in [-0.15, -0.1) is 0 Å². The van der Waals surface area contributed by atoms with Crippen LogP contribution in [0.25, 0.3) is 0 Å². The van der Waals surface area contributed by atoms with Gasteiger partial charge < -0.3 is 9.64 Å². The summed E-state index contributed by atoms with van der Waals surface area (Å²) in [6, 6.07) is 9.63. The summed E-state index contributed by atoms with van der Waals surface area (Å²) in [5.41, 5.74) is -0.918. The molecule has 2 rings (SSSR count). The molecule has 0 aliphatic rings. The molecule has 3 nitrogen and oxygen atoms in total. The second kappa shape index (κ2) is 7.33. The average Bonchev–Trinajstić information content (AvgIpc) is 2.55. The van der Waals surface area contributed by atoms with Gasteiger partial charge in [0.05, 0.1) is 12.1 Å². The van der Waals surface area contributed by atoms with Gasteiger partial charge in [0.2, 0.25) is 0 Å². The molecule has 0 saturated carbocycles. The van der Waals surface area contributed by atoms with Gasteiger partial charge in [0.25, 0.3) is 5.91 Å². The molecule has 0 radical (unpaired) electrons. The van der Waals surface area contributed by atoms with Gasteiger partial charge in [-0.05, 0) is 42.5 Å². The lowest BCUT2D eigenvalue weighted by Gasteiger charge is -2.18. The number of hydrogen-bond donors (Lipinski definition) is 0. The van der Waals surface area contributed by atoms with Crippen molar-refractivity contribution >= 4 is 5.91 Å². The Morgan fingerprint density at radius 3 is 2.42 bits per heavy atom. The smallest absolute Gasteiger partial charge is 0.416 e. The molecule has 2 aromatic carbocycles. The molecule has 0 bridgehead atoms. The van der Waals surface area contributed by atoms with E-state index >= 15 is 0 Å². The molecule has 1 amide bonds. The highest BCUT2D eigenvalue weighted by atomic mass is 19.4. The van der Waals surface area contributed by atoms with Crippen molar-refractivity contribution in [1.82, 2.24) is 4.90 Å². The zero-order valence-electron chi connectivity index (χ0n) is 12.8. The van der Waals surface area contributed by atoms with Gasteiger partial charge in [-0.1, -0.05) is 6.07 Å². The van der Waals surface area contributed by atoms with Crippen LogP contribution in [0.3, 0.4) is 0 Å². The van der Waals surface area contributed by atoms with Crippen LogP contribution in [0.4, 0.5) is 17.6 Å². The SMILES string of the molecule is CN(CCOc1ccc(F)cc1)C(=O)c1cccc(C(F)(F)F)c1. The van der Waals surface area contributed by atoms with E-state index < -0.39 is 17.6 Å². The summed E-state index contributed by atoms with van der Waals surface area (Å²) in [6.07, 6.45) is -4.50. The summed E-state index contributed by atoms with van der Waals surface area (Å²) in [7, 11) is 1.47. The van der Waals surface area contributed by atoms with E-state index in [1.807, 2.05) is 0 Å². The Labute approximate surface area is 136 Å². The zero-order valence-corrected chi connectivity index (χ0v) is 12.8. The Morgan fingerprint density at radius 2 is 1.79 bits per heavy atom. The fraction of sp³-hybridized carbons (Fsp3) is 0.235. The van der Waals surface area contributed by atoms with Gasteiger partial charge in [0.15, 0.2) is 0 Å². The highest BCUT2D eigenvalue weighted by Gasteiger charge is 2.31. The largest absolute Gasteiger partial charge is 0.492 e. The molecule has 128 valence electrons. The topological polar surface area (TPSA) is 29.5 Å². The molecule has 0 heterocycles. The van der Waals surface area contributed by atoms with E-state index in [0.717, 1.165) is 12.1 Å². The molecule has 0 N–H and O–H groups in total. The minimum Gasteiger partial charge on any atom is -0.492 e. The number of carbonyl (C=O) groups is 1. The standard InChI is InChI=1S/C17H15F4NO2/c1-22(9-10-24-15-7-5-14(18)6-8-15)16(23)12-3-2-4-13(11-12)17(19,20)21/h2-8,11H,9-10H2,1H3. The molecular formula is C17H15F4NO2. The molecule has 0 fully saturated rings. The second-order valence-corrected chi connectivity index (χ2v) is 5.11. The number of amides is 1. The first-order valence-electron chi connectivity index (χ1n) is 7.08. The molecule has 24 heavy (non-hydrogen) atoms. The number of carbonyl (C=O) groups excluding carboxylic acids is 1. The van der Waals surface area contributed by atoms with Crippen molar-refractivity contribution in [1.29, 1.82) is 0 Å². The number of halogens is 4. The third-order valence-corrected chi connectivity index (χ3v) is 3.29. The Bertz CT molecular complexity index is 698.